The number of carbonyl (C=O) groups is 1. The van der Waals surface area contributed by atoms with E-state index in [1.54, 1.807) is 46.0 Å². The Balaban J connectivity index is 1.65. The third kappa shape index (κ3) is 4.37. The summed E-state index contributed by atoms with van der Waals surface area (Å²) in [6.45, 7) is 5.55. The number of benzene rings is 1. The molecule has 1 atom stereocenters. The van der Waals surface area contributed by atoms with Crippen molar-refractivity contribution >= 4 is 22.8 Å². The molecule has 8 nitrogen and oxygen atoms in total. The van der Waals surface area contributed by atoms with Gasteiger partial charge >= 0.3 is 0 Å². The highest BCUT2D eigenvalue weighted by Crippen LogP contribution is 2.38. The zero-order chi connectivity index (χ0) is 26.3. The molecule has 0 radical (unpaired) electrons. The molecule has 0 bridgehead atoms. The van der Waals surface area contributed by atoms with Crippen LogP contribution in [0.25, 0.3) is 28.0 Å². The van der Waals surface area contributed by atoms with Gasteiger partial charge in [0.05, 0.1) is 17.0 Å². The van der Waals surface area contributed by atoms with Gasteiger partial charge in [-0.05, 0) is 39.0 Å². The molecule has 1 aliphatic rings. The predicted molar refractivity (Wildman–Crippen MR) is 135 cm³/mol. The van der Waals surface area contributed by atoms with Crippen molar-refractivity contribution in [3.63, 3.8) is 0 Å². The van der Waals surface area contributed by atoms with E-state index >= 15 is 4.39 Å². The second kappa shape index (κ2) is 9.24. The van der Waals surface area contributed by atoms with E-state index in [1.165, 1.54) is 32.4 Å². The Morgan fingerprint density at radius 2 is 1.92 bits per heavy atom. The molecule has 0 N–H and O–H groups in total. The molecular weight excluding hydrogens is 476 g/mol. The number of nitrogens with zero attached hydrogens (tertiary/aromatic N) is 7. The van der Waals surface area contributed by atoms with Gasteiger partial charge in [0.15, 0.2) is 11.3 Å². The number of piperazine rings is 1. The number of aromatic nitrogens is 4. The number of hydrogen-bond acceptors (Lipinski definition) is 6. The number of halogens is 2. The molecule has 0 aliphatic carbocycles. The fourth-order valence-corrected chi connectivity index (χ4v) is 4.76. The first-order valence-electron chi connectivity index (χ1n) is 11.9. The van der Waals surface area contributed by atoms with E-state index in [2.05, 4.69) is 21.0 Å². The van der Waals surface area contributed by atoms with Gasteiger partial charge in [0.25, 0.3) is 5.91 Å². The minimum absolute atomic E-state index is 0.269. The summed E-state index contributed by atoms with van der Waals surface area (Å²) in [5.41, 5.74) is -0.0803. The van der Waals surface area contributed by atoms with E-state index in [0.717, 1.165) is 0 Å². The van der Waals surface area contributed by atoms with Gasteiger partial charge in [-0.2, -0.15) is 5.26 Å². The third-order valence-electron chi connectivity index (χ3n) is 6.54. The standard InChI is InChI=1S/C27H25F2N7O/c1-17-14-34(10-11-35(17)26(37)27(2,3)29)24-23-20(19-6-4-5-7-21(19)28)15-36(25(23)33-16-32-24)22-12-18(13-30)8-9-31-22/h4-9,12,15-17H,10-11,14H2,1-3H3/t17-/m1/s1. The zero-order valence-corrected chi connectivity index (χ0v) is 20.7. The first-order valence-corrected chi connectivity index (χ1v) is 11.9. The molecule has 4 heterocycles. The minimum atomic E-state index is -1.96. The van der Waals surface area contributed by atoms with Crippen LogP contribution < -0.4 is 4.90 Å². The molecule has 5 rings (SSSR count). The molecule has 0 saturated carbocycles. The second-order valence-electron chi connectivity index (χ2n) is 9.57. The molecule has 1 amide bonds. The fourth-order valence-electron chi connectivity index (χ4n) is 4.76. The Hall–Kier alpha value is -4.39. The maximum Gasteiger partial charge on any atom is 0.260 e. The van der Waals surface area contributed by atoms with Crippen molar-refractivity contribution in [2.24, 2.45) is 0 Å². The summed E-state index contributed by atoms with van der Waals surface area (Å²) in [5.74, 6) is 0.0975. The van der Waals surface area contributed by atoms with Crippen molar-refractivity contribution in [2.45, 2.75) is 32.5 Å². The van der Waals surface area contributed by atoms with Crippen molar-refractivity contribution in [1.29, 1.82) is 5.26 Å². The van der Waals surface area contributed by atoms with Crippen molar-refractivity contribution in [3.8, 4) is 23.0 Å². The van der Waals surface area contributed by atoms with Gasteiger partial charge in [0, 0.05) is 49.2 Å². The molecule has 1 fully saturated rings. The van der Waals surface area contributed by atoms with Gasteiger partial charge in [-0.15, -0.1) is 0 Å². The molecule has 0 unspecified atom stereocenters. The highest BCUT2D eigenvalue weighted by Gasteiger charge is 2.37. The number of alkyl halides is 1. The summed E-state index contributed by atoms with van der Waals surface area (Å²) >= 11 is 0. The molecule has 1 saturated heterocycles. The first kappa shape index (κ1) is 24.3. The number of pyridine rings is 1. The molecule has 3 aromatic heterocycles. The smallest absolute Gasteiger partial charge is 0.260 e. The Kier molecular flexibility index (Phi) is 6.07. The maximum atomic E-state index is 15.0. The quantitative estimate of drug-likeness (QED) is 0.415. The lowest BCUT2D eigenvalue weighted by atomic mass is 10.0. The van der Waals surface area contributed by atoms with E-state index in [9.17, 15) is 14.4 Å². The number of hydrogen-bond donors (Lipinski definition) is 0. The summed E-state index contributed by atoms with van der Waals surface area (Å²) in [5, 5.41) is 9.99. The van der Waals surface area contributed by atoms with Crippen molar-refractivity contribution in [2.75, 3.05) is 24.5 Å². The predicted octanol–water partition coefficient (Wildman–Crippen LogP) is 4.28. The van der Waals surface area contributed by atoms with Crippen molar-refractivity contribution in [3.05, 3.63) is 66.5 Å². The van der Waals surface area contributed by atoms with Crippen LogP contribution in [0.3, 0.4) is 0 Å². The lowest BCUT2D eigenvalue weighted by Gasteiger charge is -2.42. The normalized spacial score (nSPS) is 16.2. The lowest BCUT2D eigenvalue weighted by molar-refractivity contribution is -0.144. The Morgan fingerprint density at radius 1 is 1.14 bits per heavy atom. The van der Waals surface area contributed by atoms with E-state index < -0.39 is 17.4 Å². The van der Waals surface area contributed by atoms with Gasteiger partial charge < -0.3 is 9.80 Å². The molecule has 188 valence electrons. The minimum Gasteiger partial charge on any atom is -0.352 e. The molecule has 1 aromatic carbocycles. The third-order valence-corrected chi connectivity index (χ3v) is 6.54. The number of anilines is 1. The molecule has 0 spiro atoms. The largest absolute Gasteiger partial charge is 0.352 e. The molecule has 37 heavy (non-hydrogen) atoms. The van der Waals surface area contributed by atoms with Crippen LogP contribution in [0.2, 0.25) is 0 Å². The SMILES string of the molecule is C[C@@H]1CN(c2ncnc3c2c(-c2ccccc2F)cn3-c2cc(C#N)ccn2)CCN1C(=O)C(C)(C)F. The van der Waals surface area contributed by atoms with Crippen molar-refractivity contribution < 1.29 is 13.6 Å². The Bertz CT molecular complexity index is 1540. The molecular formula is C27H25F2N7O. The van der Waals surface area contributed by atoms with E-state index in [4.69, 9.17) is 0 Å². The van der Waals surface area contributed by atoms with Gasteiger partial charge in [-0.25, -0.2) is 23.7 Å². The van der Waals surface area contributed by atoms with Crippen LogP contribution in [-0.2, 0) is 4.79 Å². The van der Waals surface area contributed by atoms with E-state index in [-0.39, 0.29) is 6.04 Å². The monoisotopic (exact) mass is 501 g/mol. The summed E-state index contributed by atoms with van der Waals surface area (Å²) in [7, 11) is 0. The fraction of sp³-hybridized carbons (Fsp3) is 0.296. The lowest BCUT2D eigenvalue weighted by Crippen LogP contribution is -2.57. The van der Waals surface area contributed by atoms with E-state index in [1.807, 2.05) is 11.8 Å². The van der Waals surface area contributed by atoms with Crippen LogP contribution >= 0.6 is 0 Å². The second-order valence-corrected chi connectivity index (χ2v) is 9.57. The number of nitriles is 1. The average Bonchev–Trinajstić information content (AvgIpc) is 3.28. The molecule has 1 aliphatic heterocycles. The summed E-state index contributed by atoms with van der Waals surface area (Å²) < 4.78 is 31.1. The van der Waals surface area contributed by atoms with Crippen LogP contribution in [-0.4, -0.2) is 61.7 Å². The summed E-state index contributed by atoms with van der Waals surface area (Å²) in [4.78, 5) is 29.7. The number of rotatable bonds is 4. The Morgan fingerprint density at radius 3 is 2.62 bits per heavy atom. The van der Waals surface area contributed by atoms with Crippen LogP contribution in [0.15, 0.2) is 55.1 Å². The van der Waals surface area contributed by atoms with Gasteiger partial charge in [0.1, 0.15) is 23.8 Å². The van der Waals surface area contributed by atoms with Gasteiger partial charge in [0.2, 0.25) is 0 Å². The van der Waals surface area contributed by atoms with Crippen LogP contribution in [0, 0.1) is 17.1 Å². The Labute approximate surface area is 212 Å². The molecule has 10 heteroatoms. The number of fused-ring (bicyclic) bond motifs is 1. The van der Waals surface area contributed by atoms with Crippen LogP contribution in [0.4, 0.5) is 14.6 Å². The highest BCUT2D eigenvalue weighted by atomic mass is 19.1. The zero-order valence-electron chi connectivity index (χ0n) is 20.7. The van der Waals surface area contributed by atoms with Crippen LogP contribution in [0.1, 0.15) is 26.3 Å². The number of amides is 1. The summed E-state index contributed by atoms with van der Waals surface area (Å²) in [6.07, 6.45) is 4.72. The summed E-state index contributed by atoms with van der Waals surface area (Å²) in [6, 6.07) is 11.5. The maximum absolute atomic E-state index is 15.0. The first-order chi connectivity index (χ1) is 17.7. The molecule has 4 aromatic rings. The van der Waals surface area contributed by atoms with Gasteiger partial charge in [-0.3, -0.25) is 9.36 Å². The highest BCUT2D eigenvalue weighted by molar-refractivity contribution is 6.02. The van der Waals surface area contributed by atoms with Crippen molar-refractivity contribution in [1.82, 2.24) is 24.4 Å². The van der Waals surface area contributed by atoms with E-state index in [0.29, 0.717) is 59.0 Å². The van der Waals surface area contributed by atoms with Crippen LogP contribution in [0.5, 0.6) is 0 Å². The van der Waals surface area contributed by atoms with Gasteiger partial charge in [-0.1, -0.05) is 18.2 Å². The topological polar surface area (TPSA) is 90.9 Å². The average molecular weight is 502 g/mol. The number of carbonyl (C=O) groups excluding carboxylic acids is 1.